The number of sulfonamides is 1. The first-order chi connectivity index (χ1) is 18.8. The number of piperidine rings is 1. The third-order valence-corrected chi connectivity index (χ3v) is 7.33. The van der Waals surface area contributed by atoms with Crippen LogP contribution in [0.1, 0.15) is 19.3 Å². The predicted molar refractivity (Wildman–Crippen MR) is 147 cm³/mol. The van der Waals surface area contributed by atoms with Gasteiger partial charge in [-0.1, -0.05) is 6.42 Å². The van der Waals surface area contributed by atoms with E-state index in [9.17, 15) is 12.8 Å². The molecule has 1 aromatic carbocycles. The minimum atomic E-state index is -3.62. The van der Waals surface area contributed by atoms with Crippen molar-refractivity contribution in [1.29, 1.82) is 0 Å². The van der Waals surface area contributed by atoms with E-state index in [0.29, 0.717) is 66.8 Å². The minimum Gasteiger partial charge on any atom is -0.490 e. The number of hydrogen-bond acceptors (Lipinski definition) is 10. The molecular weight excluding hydrogens is 527 g/mol. The second kappa shape index (κ2) is 11.8. The summed E-state index contributed by atoms with van der Waals surface area (Å²) in [5, 5.41) is 0.428. The number of halogens is 1. The maximum Gasteiger partial charge on any atom is 0.238 e. The molecule has 0 aliphatic carbocycles. The topological polar surface area (TPSA) is 119 Å². The summed E-state index contributed by atoms with van der Waals surface area (Å²) in [6, 6.07) is 4.28. The minimum absolute atomic E-state index is 0.101. The molecule has 2 aromatic heterocycles. The molecule has 0 atom stereocenters. The van der Waals surface area contributed by atoms with E-state index in [1.54, 1.807) is 6.07 Å². The Bertz CT molecular complexity index is 1430. The van der Waals surface area contributed by atoms with Crippen LogP contribution in [-0.2, 0) is 14.8 Å². The van der Waals surface area contributed by atoms with E-state index < -0.39 is 15.8 Å². The third kappa shape index (κ3) is 6.65. The molecule has 5 rings (SSSR count). The second-order valence-electron chi connectivity index (χ2n) is 9.68. The SMILES string of the molecule is COc1ncc(-c2nc(N3CCOCC3)nc3c(OCCN4CCCCC4)cc(F)cc23)cc1NS(C)(=O)=O. The van der Waals surface area contributed by atoms with Crippen molar-refractivity contribution in [1.82, 2.24) is 19.9 Å². The van der Waals surface area contributed by atoms with Gasteiger partial charge in [0, 0.05) is 42.8 Å². The lowest BCUT2D eigenvalue weighted by atomic mass is 10.1. The second-order valence-corrected chi connectivity index (χ2v) is 11.4. The van der Waals surface area contributed by atoms with Gasteiger partial charge in [0.15, 0.2) is 0 Å². The van der Waals surface area contributed by atoms with E-state index in [2.05, 4.69) is 14.6 Å². The van der Waals surface area contributed by atoms with Crippen LogP contribution in [0, 0.1) is 5.82 Å². The fourth-order valence-electron chi connectivity index (χ4n) is 4.88. The lowest BCUT2D eigenvalue weighted by Gasteiger charge is -2.28. The van der Waals surface area contributed by atoms with Gasteiger partial charge in [0.1, 0.15) is 29.4 Å². The molecule has 2 fully saturated rings. The lowest BCUT2D eigenvalue weighted by molar-refractivity contribution is 0.122. The van der Waals surface area contributed by atoms with Crippen molar-refractivity contribution in [3.63, 3.8) is 0 Å². The Morgan fingerprint density at radius 2 is 1.85 bits per heavy atom. The van der Waals surface area contributed by atoms with E-state index in [4.69, 9.17) is 24.2 Å². The molecule has 2 saturated heterocycles. The smallest absolute Gasteiger partial charge is 0.238 e. The van der Waals surface area contributed by atoms with Gasteiger partial charge in [-0.15, -0.1) is 0 Å². The van der Waals surface area contributed by atoms with Gasteiger partial charge in [-0.2, -0.15) is 0 Å². The molecule has 0 saturated carbocycles. The summed E-state index contributed by atoms with van der Waals surface area (Å²) in [5.41, 5.74) is 1.48. The third-order valence-electron chi connectivity index (χ3n) is 6.74. The van der Waals surface area contributed by atoms with E-state index in [1.807, 2.05) is 4.90 Å². The first-order valence-electron chi connectivity index (χ1n) is 13.0. The highest BCUT2D eigenvalue weighted by molar-refractivity contribution is 7.92. The Kier molecular flexibility index (Phi) is 8.29. The van der Waals surface area contributed by atoms with Crippen LogP contribution in [0.3, 0.4) is 0 Å². The fourth-order valence-corrected chi connectivity index (χ4v) is 5.42. The number of likely N-dealkylation sites (tertiary alicyclic amines) is 1. The number of anilines is 2. The van der Waals surface area contributed by atoms with Crippen molar-refractivity contribution in [3.05, 3.63) is 30.2 Å². The quantitative estimate of drug-likeness (QED) is 0.418. The normalized spacial score (nSPS) is 16.8. The molecule has 0 bridgehead atoms. The molecule has 2 aliphatic rings. The number of benzene rings is 1. The summed E-state index contributed by atoms with van der Waals surface area (Å²) in [6.07, 6.45) is 6.15. The van der Waals surface area contributed by atoms with Gasteiger partial charge in [-0.25, -0.2) is 27.8 Å². The molecule has 0 spiro atoms. The molecule has 0 amide bonds. The molecule has 13 heteroatoms. The van der Waals surface area contributed by atoms with E-state index in [1.165, 1.54) is 44.7 Å². The molecule has 11 nitrogen and oxygen atoms in total. The van der Waals surface area contributed by atoms with Gasteiger partial charge in [0.2, 0.25) is 21.9 Å². The Hall–Kier alpha value is -3.29. The van der Waals surface area contributed by atoms with Crippen LogP contribution >= 0.6 is 0 Å². The lowest BCUT2D eigenvalue weighted by Crippen LogP contribution is -2.37. The molecule has 0 radical (unpaired) electrons. The Labute approximate surface area is 227 Å². The number of rotatable bonds is 9. The van der Waals surface area contributed by atoms with Crippen molar-refractivity contribution < 1.29 is 27.0 Å². The molecule has 1 N–H and O–H groups in total. The zero-order valence-corrected chi connectivity index (χ0v) is 23.0. The molecule has 3 aromatic rings. The van der Waals surface area contributed by atoms with Crippen LogP contribution in [0.5, 0.6) is 11.6 Å². The summed E-state index contributed by atoms with van der Waals surface area (Å²) in [7, 11) is -2.22. The van der Waals surface area contributed by atoms with Crippen molar-refractivity contribution in [2.45, 2.75) is 19.3 Å². The number of methoxy groups -OCH3 is 1. The number of ether oxygens (including phenoxy) is 3. The molecule has 2 aliphatic heterocycles. The number of nitrogens with one attached hydrogen (secondary N) is 1. The highest BCUT2D eigenvalue weighted by Crippen LogP contribution is 2.36. The molecule has 210 valence electrons. The summed E-state index contributed by atoms with van der Waals surface area (Å²) >= 11 is 0. The monoisotopic (exact) mass is 560 g/mol. The number of pyridine rings is 1. The number of nitrogens with zero attached hydrogens (tertiary/aromatic N) is 5. The maximum atomic E-state index is 15.0. The maximum absolute atomic E-state index is 15.0. The zero-order chi connectivity index (χ0) is 27.4. The van der Waals surface area contributed by atoms with Gasteiger partial charge < -0.3 is 19.1 Å². The Morgan fingerprint density at radius 1 is 1.08 bits per heavy atom. The molecule has 0 unspecified atom stereocenters. The summed E-state index contributed by atoms with van der Waals surface area (Å²) in [5.74, 6) is 0.386. The largest absolute Gasteiger partial charge is 0.490 e. The highest BCUT2D eigenvalue weighted by Gasteiger charge is 2.22. The average molecular weight is 561 g/mol. The van der Waals surface area contributed by atoms with E-state index in [0.717, 1.165) is 25.9 Å². The summed E-state index contributed by atoms with van der Waals surface area (Å²) in [4.78, 5) is 18.2. The first-order valence-corrected chi connectivity index (χ1v) is 14.9. The molecule has 4 heterocycles. The summed E-state index contributed by atoms with van der Waals surface area (Å²) < 4.78 is 58.2. The number of hydrogen-bond donors (Lipinski definition) is 1. The van der Waals surface area contributed by atoms with Crippen LogP contribution in [0.25, 0.3) is 22.2 Å². The Morgan fingerprint density at radius 3 is 2.56 bits per heavy atom. The van der Waals surface area contributed by atoms with Crippen LogP contribution in [0.15, 0.2) is 24.4 Å². The van der Waals surface area contributed by atoms with Crippen molar-refractivity contribution in [2.75, 3.05) is 75.5 Å². The van der Waals surface area contributed by atoms with Crippen LogP contribution in [-0.4, -0.2) is 94.2 Å². The Balaban J connectivity index is 1.59. The van der Waals surface area contributed by atoms with Gasteiger partial charge in [-0.05, 0) is 38.1 Å². The van der Waals surface area contributed by atoms with Crippen molar-refractivity contribution >= 4 is 32.6 Å². The highest BCUT2D eigenvalue weighted by atomic mass is 32.2. The standard InChI is InChI=1S/C26H33FN6O5S/c1-36-25-21(31-39(2,34)35)14-18(17-28-25)23-20-15-19(27)16-22(38-13-8-32-6-4-3-5-7-32)24(20)30-26(29-23)33-9-11-37-12-10-33/h14-17,31H,3-13H2,1-2H3. The average Bonchev–Trinajstić information content (AvgIpc) is 2.93. The molecule has 39 heavy (non-hydrogen) atoms. The summed E-state index contributed by atoms with van der Waals surface area (Å²) in [6.45, 7) is 5.48. The van der Waals surface area contributed by atoms with E-state index >= 15 is 0 Å². The van der Waals surface area contributed by atoms with Gasteiger partial charge >= 0.3 is 0 Å². The fraction of sp³-hybridized carbons (Fsp3) is 0.500. The number of morpholine rings is 1. The van der Waals surface area contributed by atoms with Gasteiger partial charge in [0.25, 0.3) is 0 Å². The van der Waals surface area contributed by atoms with Crippen LogP contribution < -0.4 is 19.1 Å². The van der Waals surface area contributed by atoms with Crippen LogP contribution in [0.2, 0.25) is 0 Å². The number of aromatic nitrogens is 3. The predicted octanol–water partition coefficient (Wildman–Crippen LogP) is 2.91. The van der Waals surface area contributed by atoms with E-state index in [-0.39, 0.29) is 11.6 Å². The first kappa shape index (κ1) is 27.3. The molecular formula is C26H33FN6O5S. The van der Waals surface area contributed by atoms with Crippen molar-refractivity contribution in [2.24, 2.45) is 0 Å². The van der Waals surface area contributed by atoms with Crippen molar-refractivity contribution in [3.8, 4) is 22.9 Å². The number of fused-ring (bicyclic) bond motifs is 1. The van der Waals surface area contributed by atoms with Crippen LogP contribution in [0.4, 0.5) is 16.0 Å². The van der Waals surface area contributed by atoms with Gasteiger partial charge in [0.05, 0.1) is 32.3 Å². The van der Waals surface area contributed by atoms with Gasteiger partial charge in [-0.3, -0.25) is 9.62 Å². The zero-order valence-electron chi connectivity index (χ0n) is 22.2.